The van der Waals surface area contributed by atoms with Gasteiger partial charge in [0.25, 0.3) is 5.79 Å². The maximum Gasteiger partial charge on any atom is 0.366 e. The van der Waals surface area contributed by atoms with Crippen molar-refractivity contribution in [3.63, 3.8) is 0 Å². The number of methoxy groups -OCH3 is 1. The Morgan fingerprint density at radius 1 is 1.08 bits per heavy atom. The average Bonchev–Trinajstić information content (AvgIpc) is 2.79. The summed E-state index contributed by atoms with van der Waals surface area (Å²) in [7, 11) is 1.04. The van der Waals surface area contributed by atoms with Crippen LogP contribution in [-0.4, -0.2) is 118 Å². The van der Waals surface area contributed by atoms with Crippen molar-refractivity contribution in [2.24, 2.45) is 5.92 Å². The number of carbonyl (C=O) groups is 1. The average molecular weight is 2050 g/mol. The van der Waals surface area contributed by atoms with Gasteiger partial charge in [-0.1, -0.05) is 19.0 Å². The third kappa shape index (κ3) is 17.3. The fourth-order valence-corrected chi connectivity index (χ4v) is 3.98. The number of nitrogens with one attached hydrogen (secondary N) is 1. The second kappa shape index (κ2) is 30.5. The molecule has 2 aliphatic heterocycles. The predicted molar refractivity (Wildman–Crippen MR) is 108 cm³/mol. The molecule has 0 aliphatic carbocycles. The standard InChI is InChI=1S/C20H34NO11.7Ac/c1-4-5-12-9(2)15(25)17(27)13(31-12)8-30-20(19(28)29-3)6-10(23)14(21)18(32-20)16(26)11(24)7-22;;;;;;;/h4,9-18,21-27H,1,5-8H2,2-3H3;;;;;;;/q-1;;;;;;;/t9-,10?,11?,12+,13+,14?,15?,16?,17?,18?,20?;;;;;;;/m0......./s1. The molecule has 2 rings (SSSR count). The molecule has 0 aromatic carbocycles. The molecule has 12 nitrogen and oxygen atoms in total. The van der Waals surface area contributed by atoms with Crippen LogP contribution in [0.3, 0.4) is 0 Å². The van der Waals surface area contributed by atoms with E-state index in [1.165, 1.54) is 0 Å². The van der Waals surface area contributed by atoms with E-state index >= 15 is 0 Å². The Bertz CT molecular complexity index is 663. The van der Waals surface area contributed by atoms with Crippen molar-refractivity contribution in [3.05, 3.63) is 18.4 Å². The topological polar surface area (TPSA) is 199 Å². The Balaban J connectivity index is -0.000000389. The van der Waals surface area contributed by atoms with Gasteiger partial charge in [0.2, 0.25) is 0 Å². The van der Waals surface area contributed by atoms with Crippen LogP contribution >= 0.6 is 0 Å². The first-order chi connectivity index (χ1) is 15.0. The molecule has 2 heterocycles. The molecule has 2 fully saturated rings. The normalized spacial score (nSPS) is 34.6. The first-order valence-electron chi connectivity index (χ1n) is 10.4. The molecule has 11 atom stereocenters. The quantitative estimate of drug-likeness (QED) is 0.109. The molecular formula is C20H34Ac7NO11-. The van der Waals surface area contributed by atoms with Gasteiger partial charge < -0.3 is 55.3 Å². The van der Waals surface area contributed by atoms with Gasteiger partial charge in [-0.25, -0.2) is 4.79 Å². The predicted octanol–water partition coefficient (Wildman–Crippen LogP) is -2.14. The van der Waals surface area contributed by atoms with Crippen LogP contribution in [0.1, 0.15) is 19.8 Å². The number of carbonyl (C=O) groups excluding carboxylic acids is 1. The minimum atomic E-state index is -2.29. The number of ether oxygens (including phenoxy) is 4. The van der Waals surface area contributed by atoms with E-state index in [0.717, 1.165) is 7.11 Å². The molecule has 2 aliphatic rings. The van der Waals surface area contributed by atoms with Crippen LogP contribution in [0, 0.1) is 314 Å². The van der Waals surface area contributed by atoms with Crippen LogP contribution in [0.25, 0.3) is 5.73 Å². The van der Waals surface area contributed by atoms with Gasteiger partial charge >= 0.3 is 5.97 Å². The molecule has 0 spiro atoms. The first kappa shape index (κ1) is 60.0. The van der Waals surface area contributed by atoms with Crippen LogP contribution in [0.2, 0.25) is 0 Å². The maximum atomic E-state index is 12.6. The molecule has 19 heteroatoms. The molecule has 0 aromatic rings. The van der Waals surface area contributed by atoms with Crippen molar-refractivity contribution >= 4 is 5.97 Å². The fraction of sp³-hybridized carbons (Fsp3) is 0.850. The first-order valence-corrected chi connectivity index (χ1v) is 10.4. The van der Waals surface area contributed by atoms with E-state index in [4.69, 9.17) is 29.8 Å². The van der Waals surface area contributed by atoms with Crippen LogP contribution < -0.4 is 0 Å². The van der Waals surface area contributed by atoms with E-state index in [0.29, 0.717) is 6.42 Å². The van der Waals surface area contributed by atoms with Gasteiger partial charge in [0.05, 0.1) is 38.6 Å². The summed E-state index contributed by atoms with van der Waals surface area (Å²) in [6, 6.07) is -1.47. The molecule has 8 unspecified atom stereocenters. The Morgan fingerprint density at radius 2 is 1.62 bits per heavy atom. The maximum absolute atomic E-state index is 12.6. The zero-order chi connectivity index (χ0) is 24.2. The Labute approximate surface area is 480 Å². The minimum Gasteiger partial charge on any atom is -0.670 e. The molecule has 0 bridgehead atoms. The molecule has 0 saturated carbocycles. The second-order valence-corrected chi connectivity index (χ2v) is 8.25. The number of aliphatic hydroxyl groups is 6. The van der Waals surface area contributed by atoms with Crippen LogP contribution in [0.4, 0.5) is 0 Å². The zero-order valence-electron chi connectivity index (χ0n) is 22.2. The van der Waals surface area contributed by atoms with Crippen LogP contribution in [0.5, 0.6) is 0 Å². The summed E-state index contributed by atoms with van der Waals surface area (Å²) in [5.74, 6) is -3.77. The Morgan fingerprint density at radius 3 is 2.08 bits per heavy atom. The van der Waals surface area contributed by atoms with E-state index in [9.17, 15) is 30.3 Å². The molecule has 0 aromatic heterocycles. The molecular weight excluding hydrogens is 2020 g/mol. The van der Waals surface area contributed by atoms with E-state index in [1.807, 2.05) is 0 Å². The van der Waals surface area contributed by atoms with Gasteiger partial charge in [-0.2, -0.15) is 0 Å². The summed E-state index contributed by atoms with van der Waals surface area (Å²) in [6.07, 6.45) is -9.23. The monoisotopic (exact) mass is 2050 g/mol. The van der Waals surface area contributed by atoms with Gasteiger partial charge in [-0.3, -0.25) is 0 Å². The third-order valence-electron chi connectivity index (χ3n) is 6.07. The van der Waals surface area contributed by atoms with Crippen LogP contribution in [0.15, 0.2) is 12.7 Å². The van der Waals surface area contributed by atoms with Crippen molar-refractivity contribution in [1.82, 2.24) is 0 Å². The van der Waals surface area contributed by atoms with Crippen LogP contribution in [-0.2, 0) is 23.7 Å². The molecule has 39 heavy (non-hydrogen) atoms. The molecule has 0 amide bonds. The summed E-state index contributed by atoms with van der Waals surface area (Å²) < 4.78 is 21.7. The summed E-state index contributed by atoms with van der Waals surface area (Å²) in [4.78, 5) is 12.6. The molecule has 7 radical (unpaired) electrons. The van der Waals surface area contributed by atoms with Crippen molar-refractivity contribution in [1.29, 1.82) is 0 Å². The summed E-state index contributed by atoms with van der Waals surface area (Å²) in [6.45, 7) is 4.04. The molecule has 2 saturated heterocycles. The van der Waals surface area contributed by atoms with Gasteiger partial charge in [-0.15, -0.1) is 6.58 Å². The number of hydrogen-bond donors (Lipinski definition) is 6. The molecule has 7 N–H and O–H groups in total. The van der Waals surface area contributed by atoms with Gasteiger partial charge in [-0.05, 0) is 6.42 Å². The van der Waals surface area contributed by atoms with Crippen molar-refractivity contribution < 1.29 is 363 Å². The smallest absolute Gasteiger partial charge is 0.366 e. The summed E-state index contributed by atoms with van der Waals surface area (Å²) in [5, 5.41) is 60.3. The summed E-state index contributed by atoms with van der Waals surface area (Å²) >= 11 is 0. The van der Waals surface area contributed by atoms with Crippen molar-refractivity contribution in [3.8, 4) is 0 Å². The largest absolute Gasteiger partial charge is 0.670 e. The van der Waals surface area contributed by atoms with E-state index in [1.54, 1.807) is 13.0 Å². The minimum absolute atomic E-state index is 0. The van der Waals surface area contributed by atoms with E-state index in [2.05, 4.69) is 6.58 Å². The number of aliphatic hydroxyl groups excluding tert-OH is 6. The van der Waals surface area contributed by atoms with E-state index in [-0.39, 0.29) is 308 Å². The SMILES string of the molecule is C=CC[C@H]1O[C@H](COC2(C(=O)OC)CC(O)C([NH-])C(C(O)C(O)CO)O2)C(O)C(O)[C@H]1C.[Ac].[Ac].[Ac].[Ac].[Ac].[Ac].[Ac]. The van der Waals surface area contributed by atoms with Gasteiger partial charge in [0.15, 0.2) is 0 Å². The molecule has 207 valence electrons. The second-order valence-electron chi connectivity index (χ2n) is 8.25. The number of esters is 1. The summed E-state index contributed by atoms with van der Waals surface area (Å²) in [5.41, 5.74) is 8.05. The Hall–Kier alpha value is 8.90. The zero-order valence-corrected chi connectivity index (χ0v) is 55.4. The van der Waals surface area contributed by atoms with E-state index < -0.39 is 92.2 Å². The van der Waals surface area contributed by atoms with Gasteiger partial charge in [0, 0.05) is 327 Å². The fourth-order valence-electron chi connectivity index (χ4n) is 3.98. The third-order valence-corrected chi connectivity index (χ3v) is 6.07. The van der Waals surface area contributed by atoms with Crippen molar-refractivity contribution in [2.45, 2.75) is 80.4 Å². The van der Waals surface area contributed by atoms with Gasteiger partial charge in [0.1, 0.15) is 24.4 Å². The number of hydrogen-bond acceptors (Lipinski definition) is 11. The Kier molecular flexibility index (Phi) is 47.0. The number of rotatable bonds is 9. The van der Waals surface area contributed by atoms with Crippen molar-refractivity contribution in [2.75, 3.05) is 20.3 Å².